The van der Waals surface area contributed by atoms with Gasteiger partial charge in [0, 0.05) is 12.1 Å². The minimum absolute atomic E-state index is 0.107. The Morgan fingerprint density at radius 3 is 2.74 bits per heavy atom. The van der Waals surface area contributed by atoms with E-state index in [4.69, 9.17) is 9.15 Å². The molecule has 0 aliphatic heterocycles. The van der Waals surface area contributed by atoms with Crippen molar-refractivity contribution >= 4 is 24.0 Å². The highest BCUT2D eigenvalue weighted by molar-refractivity contribution is 5.96. The number of imide groups is 1. The number of carbonyl (C=O) groups is 3. The zero-order valence-electron chi connectivity index (χ0n) is 12.7. The number of rotatable bonds is 5. The van der Waals surface area contributed by atoms with E-state index in [2.05, 4.69) is 10.6 Å². The van der Waals surface area contributed by atoms with Crippen molar-refractivity contribution in [3.63, 3.8) is 0 Å². The Hall–Kier alpha value is -2.57. The van der Waals surface area contributed by atoms with E-state index in [9.17, 15) is 14.4 Å². The van der Waals surface area contributed by atoms with E-state index in [0.29, 0.717) is 5.76 Å². The van der Waals surface area contributed by atoms with Crippen LogP contribution in [0.5, 0.6) is 0 Å². The Morgan fingerprint density at radius 2 is 2.04 bits per heavy atom. The highest BCUT2D eigenvalue weighted by atomic mass is 16.5. The first-order valence-electron chi connectivity index (χ1n) is 7.62. The van der Waals surface area contributed by atoms with Crippen molar-refractivity contribution in [2.24, 2.45) is 0 Å². The normalized spacial score (nSPS) is 15.3. The van der Waals surface area contributed by atoms with Gasteiger partial charge in [-0.2, -0.15) is 0 Å². The molecule has 1 saturated carbocycles. The number of carbonyl (C=O) groups excluding carboxylic acids is 3. The standard InChI is InChI=1S/C16H20N2O5/c19-14(18-16(21)17-12-5-2-1-3-6-12)11-23-15(20)9-8-13-7-4-10-22-13/h4,7-10,12H,1-3,5-6,11H2,(H2,17,18,19,21)/b9-8+. The summed E-state index contributed by atoms with van der Waals surface area (Å²) in [6, 6.07) is 2.91. The number of hydrogen-bond donors (Lipinski definition) is 2. The topological polar surface area (TPSA) is 97.6 Å². The summed E-state index contributed by atoms with van der Waals surface area (Å²) in [6.45, 7) is -0.514. The van der Waals surface area contributed by atoms with Crippen LogP contribution in [0.15, 0.2) is 28.9 Å². The highest BCUT2D eigenvalue weighted by Gasteiger charge is 2.17. The van der Waals surface area contributed by atoms with Crippen molar-refractivity contribution in [3.05, 3.63) is 30.2 Å². The molecule has 2 rings (SSSR count). The molecular formula is C16H20N2O5. The molecule has 1 fully saturated rings. The fourth-order valence-electron chi connectivity index (χ4n) is 2.35. The van der Waals surface area contributed by atoms with E-state index in [1.54, 1.807) is 12.1 Å². The van der Waals surface area contributed by atoms with E-state index >= 15 is 0 Å². The van der Waals surface area contributed by atoms with Crippen LogP contribution in [0.25, 0.3) is 6.08 Å². The van der Waals surface area contributed by atoms with Gasteiger partial charge in [-0.1, -0.05) is 19.3 Å². The second-order valence-electron chi connectivity index (χ2n) is 5.31. The van der Waals surface area contributed by atoms with Crippen molar-refractivity contribution < 1.29 is 23.5 Å². The van der Waals surface area contributed by atoms with Gasteiger partial charge in [0.2, 0.25) is 0 Å². The third-order valence-corrected chi connectivity index (χ3v) is 3.47. The highest BCUT2D eigenvalue weighted by Crippen LogP contribution is 2.17. The third-order valence-electron chi connectivity index (χ3n) is 3.47. The maximum atomic E-state index is 11.6. The number of furan rings is 1. The molecule has 0 radical (unpaired) electrons. The minimum Gasteiger partial charge on any atom is -0.465 e. The summed E-state index contributed by atoms with van der Waals surface area (Å²) in [5, 5.41) is 4.89. The predicted octanol–water partition coefficient (Wildman–Crippen LogP) is 1.99. The van der Waals surface area contributed by atoms with Crippen LogP contribution in [0.2, 0.25) is 0 Å². The SMILES string of the molecule is O=C(COC(=O)/C=C/c1ccco1)NC(=O)NC1CCCCC1. The molecule has 3 amide bonds. The molecule has 1 aromatic rings. The van der Waals surface area contributed by atoms with Crippen LogP contribution in [-0.4, -0.2) is 30.6 Å². The molecular weight excluding hydrogens is 300 g/mol. The smallest absolute Gasteiger partial charge is 0.331 e. The lowest BCUT2D eigenvalue weighted by Crippen LogP contribution is -2.46. The lowest BCUT2D eigenvalue weighted by molar-refractivity contribution is -0.143. The van der Waals surface area contributed by atoms with E-state index < -0.39 is 24.5 Å². The lowest BCUT2D eigenvalue weighted by atomic mass is 9.96. The summed E-state index contributed by atoms with van der Waals surface area (Å²) in [5.41, 5.74) is 0. The molecule has 0 saturated heterocycles. The number of esters is 1. The summed E-state index contributed by atoms with van der Waals surface area (Å²) in [5.74, 6) is -0.861. The zero-order valence-corrected chi connectivity index (χ0v) is 12.7. The number of nitrogens with one attached hydrogen (secondary N) is 2. The van der Waals surface area contributed by atoms with Crippen molar-refractivity contribution in [1.29, 1.82) is 0 Å². The first-order valence-corrected chi connectivity index (χ1v) is 7.62. The predicted molar refractivity (Wildman–Crippen MR) is 82.2 cm³/mol. The minimum atomic E-state index is -0.691. The maximum Gasteiger partial charge on any atom is 0.331 e. The molecule has 0 atom stereocenters. The second-order valence-corrected chi connectivity index (χ2v) is 5.31. The van der Waals surface area contributed by atoms with Gasteiger partial charge in [-0.25, -0.2) is 9.59 Å². The van der Waals surface area contributed by atoms with E-state index in [-0.39, 0.29) is 6.04 Å². The Labute approximate surface area is 134 Å². The van der Waals surface area contributed by atoms with Gasteiger partial charge >= 0.3 is 12.0 Å². The molecule has 0 spiro atoms. The Balaban J connectivity index is 1.63. The maximum absolute atomic E-state index is 11.6. The average molecular weight is 320 g/mol. The third kappa shape index (κ3) is 6.37. The lowest BCUT2D eigenvalue weighted by Gasteiger charge is -2.22. The second kappa shape index (κ2) is 8.77. The molecule has 2 N–H and O–H groups in total. The molecule has 1 aliphatic rings. The molecule has 7 heteroatoms. The van der Waals surface area contributed by atoms with Gasteiger partial charge in [-0.3, -0.25) is 10.1 Å². The van der Waals surface area contributed by atoms with Crippen molar-refractivity contribution in [1.82, 2.24) is 10.6 Å². The Bertz CT molecular complexity index is 559. The van der Waals surface area contributed by atoms with Crippen molar-refractivity contribution in [2.75, 3.05) is 6.61 Å². The first-order chi connectivity index (χ1) is 11.1. The van der Waals surface area contributed by atoms with Gasteiger partial charge in [0.1, 0.15) is 5.76 Å². The molecule has 1 aromatic heterocycles. The van der Waals surface area contributed by atoms with Gasteiger partial charge in [0.15, 0.2) is 6.61 Å². The van der Waals surface area contributed by atoms with E-state index in [1.165, 1.54) is 18.8 Å². The Morgan fingerprint density at radius 1 is 1.26 bits per heavy atom. The number of amides is 3. The van der Waals surface area contributed by atoms with Crippen LogP contribution in [-0.2, 0) is 14.3 Å². The molecule has 1 heterocycles. The van der Waals surface area contributed by atoms with Gasteiger partial charge in [0.05, 0.1) is 6.26 Å². The first kappa shape index (κ1) is 16.8. The van der Waals surface area contributed by atoms with Crippen LogP contribution in [0.4, 0.5) is 4.79 Å². The van der Waals surface area contributed by atoms with Crippen LogP contribution >= 0.6 is 0 Å². The van der Waals surface area contributed by atoms with Crippen molar-refractivity contribution in [3.8, 4) is 0 Å². The van der Waals surface area contributed by atoms with Crippen LogP contribution in [0, 0.1) is 0 Å². The average Bonchev–Trinajstić information content (AvgIpc) is 3.05. The van der Waals surface area contributed by atoms with E-state index in [1.807, 2.05) is 0 Å². The van der Waals surface area contributed by atoms with Crippen LogP contribution < -0.4 is 10.6 Å². The number of hydrogen-bond acceptors (Lipinski definition) is 5. The number of urea groups is 1. The van der Waals surface area contributed by atoms with Crippen LogP contribution in [0.3, 0.4) is 0 Å². The Kier molecular flexibility index (Phi) is 6.40. The molecule has 23 heavy (non-hydrogen) atoms. The zero-order chi connectivity index (χ0) is 16.5. The quantitative estimate of drug-likeness (QED) is 0.639. The summed E-state index contributed by atoms with van der Waals surface area (Å²) >= 11 is 0. The van der Waals surface area contributed by atoms with Gasteiger partial charge in [-0.15, -0.1) is 0 Å². The summed E-state index contributed by atoms with van der Waals surface area (Å²) in [7, 11) is 0. The van der Waals surface area contributed by atoms with Crippen molar-refractivity contribution in [2.45, 2.75) is 38.1 Å². The fourth-order valence-corrected chi connectivity index (χ4v) is 2.35. The molecule has 0 aromatic carbocycles. The summed E-state index contributed by atoms with van der Waals surface area (Å²) in [4.78, 5) is 34.6. The summed E-state index contributed by atoms with van der Waals surface area (Å²) < 4.78 is 9.74. The van der Waals surface area contributed by atoms with Gasteiger partial charge in [0.25, 0.3) is 5.91 Å². The molecule has 1 aliphatic carbocycles. The number of ether oxygens (including phenoxy) is 1. The van der Waals surface area contributed by atoms with E-state index in [0.717, 1.165) is 31.8 Å². The van der Waals surface area contributed by atoms with Gasteiger partial charge < -0.3 is 14.5 Å². The molecule has 124 valence electrons. The molecule has 0 bridgehead atoms. The van der Waals surface area contributed by atoms with Crippen LogP contribution in [0.1, 0.15) is 37.9 Å². The summed E-state index contributed by atoms with van der Waals surface area (Å²) in [6.07, 6.45) is 9.24. The van der Waals surface area contributed by atoms with Gasteiger partial charge in [-0.05, 0) is 31.1 Å². The molecule has 7 nitrogen and oxygen atoms in total. The largest absolute Gasteiger partial charge is 0.465 e. The fraction of sp³-hybridized carbons (Fsp3) is 0.438. The molecule has 0 unspecified atom stereocenters. The monoisotopic (exact) mass is 320 g/mol.